The second-order valence-corrected chi connectivity index (χ2v) is 8.06. The molecule has 1 N–H and O–H groups in total. The van der Waals surface area contributed by atoms with Crippen LogP contribution in [-0.2, 0) is 9.59 Å². The fourth-order valence-corrected chi connectivity index (χ4v) is 4.37. The van der Waals surface area contributed by atoms with E-state index in [4.69, 9.17) is 0 Å². The van der Waals surface area contributed by atoms with E-state index in [1.165, 1.54) is 23.5 Å². The first-order valence-corrected chi connectivity index (χ1v) is 10.1. The van der Waals surface area contributed by atoms with Gasteiger partial charge in [-0.25, -0.2) is 4.98 Å². The molecule has 144 valence electrons. The molecular formula is C20H19BrN4O3. The van der Waals surface area contributed by atoms with Gasteiger partial charge in [-0.05, 0) is 30.5 Å². The summed E-state index contributed by atoms with van der Waals surface area (Å²) in [6, 6.07) is 4.33. The summed E-state index contributed by atoms with van der Waals surface area (Å²) in [4.78, 5) is 47.8. The van der Waals surface area contributed by atoms with E-state index in [0.29, 0.717) is 33.9 Å². The van der Waals surface area contributed by atoms with Crippen molar-refractivity contribution in [1.82, 2.24) is 9.97 Å². The molecule has 0 radical (unpaired) electrons. The number of nitrogens with one attached hydrogen (secondary N) is 1. The molecule has 7 nitrogen and oxygen atoms in total. The number of halogens is 1. The van der Waals surface area contributed by atoms with Crippen LogP contribution in [0.25, 0.3) is 0 Å². The van der Waals surface area contributed by atoms with Gasteiger partial charge in [-0.3, -0.25) is 24.3 Å². The van der Waals surface area contributed by atoms with Crippen molar-refractivity contribution in [3.63, 3.8) is 0 Å². The summed E-state index contributed by atoms with van der Waals surface area (Å²) < 4.78 is 0.714. The number of benzene rings is 1. The predicted octanol–water partition coefficient (Wildman–Crippen LogP) is 3.36. The Morgan fingerprint density at radius 2 is 2.04 bits per heavy atom. The summed E-state index contributed by atoms with van der Waals surface area (Å²) in [5.74, 6) is -0.937. The van der Waals surface area contributed by atoms with E-state index in [0.717, 1.165) is 25.7 Å². The number of hydrogen-bond acceptors (Lipinski definition) is 5. The van der Waals surface area contributed by atoms with Gasteiger partial charge in [0.2, 0.25) is 5.91 Å². The van der Waals surface area contributed by atoms with Crippen molar-refractivity contribution < 1.29 is 14.4 Å². The summed E-state index contributed by atoms with van der Waals surface area (Å²) in [7, 11) is 0. The summed E-state index contributed by atoms with van der Waals surface area (Å²) >= 11 is 3.34. The number of hydrogen-bond donors (Lipinski definition) is 1. The van der Waals surface area contributed by atoms with Gasteiger partial charge < -0.3 is 5.32 Å². The Morgan fingerprint density at radius 1 is 1.25 bits per heavy atom. The first-order chi connectivity index (χ1) is 13.5. The number of nitrogens with zero attached hydrogens (tertiary/aromatic N) is 3. The molecule has 1 aromatic carbocycles. The van der Waals surface area contributed by atoms with E-state index >= 15 is 0 Å². The van der Waals surface area contributed by atoms with Crippen molar-refractivity contribution in [1.29, 1.82) is 0 Å². The van der Waals surface area contributed by atoms with Gasteiger partial charge >= 0.3 is 0 Å². The summed E-state index contributed by atoms with van der Waals surface area (Å²) in [6.07, 6.45) is 9.27. The molecule has 0 saturated heterocycles. The van der Waals surface area contributed by atoms with Crippen LogP contribution < -0.4 is 10.2 Å². The molecule has 2 heterocycles. The van der Waals surface area contributed by atoms with Crippen LogP contribution in [0.3, 0.4) is 0 Å². The molecule has 1 saturated carbocycles. The molecule has 1 fully saturated rings. The number of amides is 2. The number of aromatic nitrogens is 2. The summed E-state index contributed by atoms with van der Waals surface area (Å²) in [5.41, 5.74) is 0.804. The first-order valence-electron chi connectivity index (χ1n) is 9.29. The van der Waals surface area contributed by atoms with Gasteiger partial charge in [0.25, 0.3) is 11.7 Å². The van der Waals surface area contributed by atoms with Crippen LogP contribution in [0.4, 0.5) is 11.5 Å². The van der Waals surface area contributed by atoms with Gasteiger partial charge in [-0.15, -0.1) is 0 Å². The third kappa shape index (κ3) is 3.56. The van der Waals surface area contributed by atoms with Crippen molar-refractivity contribution in [3.05, 3.63) is 46.8 Å². The van der Waals surface area contributed by atoms with Gasteiger partial charge in [0.15, 0.2) is 5.82 Å². The lowest BCUT2D eigenvalue weighted by Gasteiger charge is -2.29. The molecule has 4 rings (SSSR count). The Morgan fingerprint density at radius 3 is 2.75 bits per heavy atom. The number of rotatable bonds is 5. The minimum Gasteiger partial charge on any atom is -0.308 e. The fourth-order valence-electron chi connectivity index (χ4n) is 4.01. The van der Waals surface area contributed by atoms with Crippen molar-refractivity contribution >= 4 is 45.0 Å². The average molecular weight is 443 g/mol. The lowest BCUT2D eigenvalue weighted by atomic mass is 9.96. The Kier molecular flexibility index (Phi) is 5.21. The highest BCUT2D eigenvalue weighted by Gasteiger charge is 2.43. The Labute approximate surface area is 170 Å². The van der Waals surface area contributed by atoms with Crippen molar-refractivity contribution in [2.75, 3.05) is 10.2 Å². The molecule has 0 spiro atoms. The van der Waals surface area contributed by atoms with Crippen LogP contribution in [0.1, 0.15) is 42.5 Å². The lowest BCUT2D eigenvalue weighted by molar-refractivity contribution is -0.121. The zero-order valence-electron chi connectivity index (χ0n) is 15.1. The van der Waals surface area contributed by atoms with Crippen molar-refractivity contribution in [2.45, 2.75) is 38.1 Å². The molecular weight excluding hydrogens is 424 g/mol. The second kappa shape index (κ2) is 7.79. The quantitative estimate of drug-likeness (QED) is 0.716. The Hall–Kier alpha value is -2.61. The van der Waals surface area contributed by atoms with E-state index in [2.05, 4.69) is 31.2 Å². The van der Waals surface area contributed by atoms with Gasteiger partial charge in [-0.1, -0.05) is 41.6 Å². The maximum Gasteiger partial charge on any atom is 0.300 e. The van der Waals surface area contributed by atoms with Crippen LogP contribution in [0.2, 0.25) is 0 Å². The van der Waals surface area contributed by atoms with E-state index in [-0.39, 0.29) is 5.91 Å². The molecule has 2 aliphatic rings. The number of carbonyl (C=O) groups is 3. The second-order valence-electron chi connectivity index (χ2n) is 7.15. The highest BCUT2D eigenvalue weighted by Crippen LogP contribution is 2.37. The third-order valence-corrected chi connectivity index (χ3v) is 5.83. The predicted molar refractivity (Wildman–Crippen MR) is 107 cm³/mol. The minimum absolute atomic E-state index is 0.318. The van der Waals surface area contributed by atoms with E-state index in [9.17, 15) is 14.4 Å². The molecule has 1 aliphatic heterocycles. The molecule has 0 bridgehead atoms. The number of Topliss-reactive ketones (excluding diaryl/α,β-unsaturated/α-hetero) is 1. The Bertz CT molecular complexity index is 928. The van der Waals surface area contributed by atoms with Gasteiger partial charge in [0.1, 0.15) is 6.04 Å². The molecule has 1 atom stereocenters. The maximum atomic E-state index is 13.1. The Balaban J connectivity index is 1.68. The summed E-state index contributed by atoms with van der Waals surface area (Å²) in [5, 5.41) is 2.74. The van der Waals surface area contributed by atoms with Gasteiger partial charge in [-0.2, -0.15) is 0 Å². The van der Waals surface area contributed by atoms with E-state index in [1.807, 2.05) is 0 Å². The van der Waals surface area contributed by atoms with E-state index < -0.39 is 17.7 Å². The number of anilines is 2. The normalized spacial score (nSPS) is 17.7. The molecule has 28 heavy (non-hydrogen) atoms. The molecule has 2 amide bonds. The lowest BCUT2D eigenvalue weighted by Crippen LogP contribution is -2.48. The maximum absolute atomic E-state index is 13.1. The van der Waals surface area contributed by atoms with Crippen molar-refractivity contribution in [3.8, 4) is 0 Å². The SMILES string of the molecule is O=C1C(=O)N(C(CC2CCCC2)C(=O)Nc2cnccn2)c2ccc(Br)cc21. The number of carbonyl (C=O) groups excluding carboxylic acids is 3. The highest BCUT2D eigenvalue weighted by atomic mass is 79.9. The van der Waals surface area contributed by atoms with Crippen molar-refractivity contribution in [2.24, 2.45) is 5.92 Å². The monoisotopic (exact) mass is 442 g/mol. The standard InChI is InChI=1S/C20H19BrN4O3/c21-13-5-6-15-14(10-13)18(26)20(28)25(15)16(9-12-3-1-2-4-12)19(27)24-17-11-22-7-8-23-17/h5-8,10-12,16H,1-4,9H2,(H,23,24,27). The molecule has 1 unspecified atom stereocenters. The van der Waals surface area contributed by atoms with Crippen LogP contribution in [0, 0.1) is 5.92 Å². The number of ketones is 1. The number of fused-ring (bicyclic) bond motifs is 1. The smallest absolute Gasteiger partial charge is 0.300 e. The van der Waals surface area contributed by atoms with Crippen LogP contribution in [0.5, 0.6) is 0 Å². The molecule has 8 heteroatoms. The van der Waals surface area contributed by atoms with E-state index in [1.54, 1.807) is 18.2 Å². The first kappa shape index (κ1) is 18.7. The van der Waals surface area contributed by atoms with Gasteiger partial charge in [0.05, 0.1) is 17.4 Å². The van der Waals surface area contributed by atoms with Crippen LogP contribution in [-0.4, -0.2) is 33.6 Å². The molecule has 2 aromatic rings. The third-order valence-electron chi connectivity index (χ3n) is 5.34. The van der Waals surface area contributed by atoms with Crippen LogP contribution in [0.15, 0.2) is 41.3 Å². The minimum atomic E-state index is -0.774. The fraction of sp³-hybridized carbons (Fsp3) is 0.350. The average Bonchev–Trinajstić information content (AvgIpc) is 3.29. The largest absolute Gasteiger partial charge is 0.308 e. The zero-order valence-corrected chi connectivity index (χ0v) is 16.7. The van der Waals surface area contributed by atoms with Gasteiger partial charge in [0, 0.05) is 16.9 Å². The summed E-state index contributed by atoms with van der Waals surface area (Å²) in [6.45, 7) is 0. The zero-order chi connectivity index (χ0) is 19.7. The topological polar surface area (TPSA) is 92.3 Å². The van der Waals surface area contributed by atoms with Crippen LogP contribution >= 0.6 is 15.9 Å². The molecule has 1 aromatic heterocycles. The molecule has 1 aliphatic carbocycles. The highest BCUT2D eigenvalue weighted by molar-refractivity contribution is 9.10.